The van der Waals surface area contributed by atoms with Crippen molar-refractivity contribution in [1.82, 2.24) is 9.97 Å². The van der Waals surface area contributed by atoms with Gasteiger partial charge in [0.2, 0.25) is 5.95 Å². The average molecular weight is 724 g/mol. The molecule has 0 radical (unpaired) electrons. The summed E-state index contributed by atoms with van der Waals surface area (Å²) in [6, 6.07) is 9.83. The van der Waals surface area contributed by atoms with E-state index in [9.17, 15) is 36.2 Å². The molecular weight excluding hydrogens is 686 g/mol. The molecule has 0 aliphatic heterocycles. The lowest BCUT2D eigenvalue weighted by molar-refractivity contribution is -0.657. The van der Waals surface area contributed by atoms with Gasteiger partial charge >= 0.3 is 18.3 Å². The van der Waals surface area contributed by atoms with E-state index in [0.29, 0.717) is 41.0 Å². The summed E-state index contributed by atoms with van der Waals surface area (Å²) < 4.78 is 99.4. The smallest absolute Gasteiger partial charge is 0.416 e. The number of quaternary nitrogens is 1. The summed E-state index contributed by atoms with van der Waals surface area (Å²) in [6.07, 6.45) is -7.19. The normalized spacial score (nSPS) is 11.8. The van der Waals surface area contributed by atoms with Crippen LogP contribution in [0.25, 0.3) is 11.1 Å². The Balaban J connectivity index is 1.83. The van der Waals surface area contributed by atoms with E-state index >= 15 is 0 Å². The minimum Gasteiger partial charge on any atom is -0.504 e. The number of anilines is 1. The Bertz CT molecular complexity index is 1780. The highest BCUT2D eigenvalue weighted by atomic mass is 19.4. The third kappa shape index (κ3) is 9.93. The van der Waals surface area contributed by atoms with Gasteiger partial charge in [0.15, 0.2) is 17.2 Å². The summed E-state index contributed by atoms with van der Waals surface area (Å²) in [5, 5.41) is 10.8. The zero-order valence-corrected chi connectivity index (χ0v) is 28.2. The molecule has 274 valence electrons. The SMILES string of the molecule is COc1cc(CN(Cc2cc(C(F)(F)F)cc(C(F)(F)F)c2)c2ncc(OCCCC(=O)O[NH3+])cn2)c(-c2cc(C(C)C)ccc2OC)cc1O. The number of carbonyl (C=O) groups excluding carboxylic acids is 1. The van der Waals surface area contributed by atoms with Crippen LogP contribution < -0.4 is 25.0 Å². The number of hydrogen-bond acceptors (Lipinski definition) is 9. The molecule has 0 bridgehead atoms. The molecular formula is C35H37F6N4O6+. The Labute approximate surface area is 289 Å². The number of carbonyl (C=O) groups is 1. The van der Waals surface area contributed by atoms with Crippen molar-refractivity contribution in [3.05, 3.63) is 88.7 Å². The van der Waals surface area contributed by atoms with Gasteiger partial charge in [0, 0.05) is 18.7 Å². The van der Waals surface area contributed by atoms with Gasteiger partial charge in [0.25, 0.3) is 0 Å². The van der Waals surface area contributed by atoms with Gasteiger partial charge in [-0.3, -0.25) is 4.84 Å². The molecule has 4 rings (SSSR count). The van der Waals surface area contributed by atoms with Crippen LogP contribution in [0.5, 0.6) is 23.0 Å². The van der Waals surface area contributed by atoms with Crippen LogP contribution in [0.4, 0.5) is 32.3 Å². The third-order valence-electron chi connectivity index (χ3n) is 7.82. The first-order chi connectivity index (χ1) is 24.0. The zero-order valence-electron chi connectivity index (χ0n) is 28.2. The second-order valence-corrected chi connectivity index (χ2v) is 11.8. The van der Waals surface area contributed by atoms with Crippen molar-refractivity contribution >= 4 is 11.9 Å². The molecule has 3 aromatic carbocycles. The first-order valence-electron chi connectivity index (χ1n) is 15.5. The molecule has 16 heteroatoms. The molecule has 10 nitrogen and oxygen atoms in total. The number of benzene rings is 3. The number of nitrogens with zero attached hydrogens (tertiary/aromatic N) is 3. The summed E-state index contributed by atoms with van der Waals surface area (Å²) in [5.41, 5.74) is -0.836. The van der Waals surface area contributed by atoms with E-state index in [4.69, 9.17) is 14.2 Å². The van der Waals surface area contributed by atoms with Crippen molar-refractivity contribution in [2.45, 2.75) is 58.0 Å². The Morgan fingerprint density at radius 1 is 0.863 bits per heavy atom. The standard InChI is InChI=1S/C35H36F6N4O6/c1-20(2)22-7-8-30(48-3)28(12-22)27-15-29(46)31(49-4)13-23(27)19-45(33-43-16-26(17-44-33)50-9-5-6-32(47)51-42)18-21-10-24(34(36,37)38)14-25(11-21)35(39,40)41/h7-8,10-17,20H,5-6,9,18-19H2,1-4,42H3/p+1. The quantitative estimate of drug-likeness (QED) is 0.0796. The number of methoxy groups -OCH3 is 2. The van der Waals surface area contributed by atoms with Gasteiger partial charge in [-0.2, -0.15) is 32.2 Å². The van der Waals surface area contributed by atoms with Crippen LogP contribution in [0.15, 0.2) is 60.9 Å². The lowest BCUT2D eigenvalue weighted by Gasteiger charge is -2.26. The minimum absolute atomic E-state index is 0.0520. The van der Waals surface area contributed by atoms with E-state index in [1.54, 1.807) is 6.07 Å². The van der Waals surface area contributed by atoms with E-state index in [1.165, 1.54) is 43.6 Å². The molecule has 4 aromatic rings. The number of halogens is 6. The fourth-order valence-corrected chi connectivity index (χ4v) is 5.21. The highest BCUT2D eigenvalue weighted by Crippen LogP contribution is 2.42. The molecule has 0 aliphatic carbocycles. The Morgan fingerprint density at radius 3 is 2.04 bits per heavy atom. The van der Waals surface area contributed by atoms with Crippen molar-refractivity contribution in [2.75, 3.05) is 25.7 Å². The summed E-state index contributed by atoms with van der Waals surface area (Å²) in [4.78, 5) is 25.7. The Morgan fingerprint density at radius 2 is 1.49 bits per heavy atom. The number of aromatic nitrogens is 2. The molecule has 0 spiro atoms. The molecule has 51 heavy (non-hydrogen) atoms. The van der Waals surface area contributed by atoms with Crippen LogP contribution in [-0.2, 0) is 35.1 Å². The number of phenols is 1. The highest BCUT2D eigenvalue weighted by Gasteiger charge is 2.37. The van der Waals surface area contributed by atoms with Crippen molar-refractivity contribution in [3.63, 3.8) is 0 Å². The zero-order chi connectivity index (χ0) is 37.5. The van der Waals surface area contributed by atoms with Crippen molar-refractivity contribution < 1.29 is 61.2 Å². The van der Waals surface area contributed by atoms with Gasteiger partial charge in [0.1, 0.15) is 5.75 Å². The number of alkyl halides is 6. The van der Waals surface area contributed by atoms with Crippen molar-refractivity contribution in [1.29, 1.82) is 0 Å². The molecule has 0 amide bonds. The molecule has 0 fully saturated rings. The average Bonchev–Trinajstić information content (AvgIpc) is 3.09. The molecule has 0 aliphatic rings. The monoisotopic (exact) mass is 723 g/mol. The first kappa shape index (κ1) is 38.6. The van der Waals surface area contributed by atoms with E-state index in [1.807, 2.05) is 26.0 Å². The van der Waals surface area contributed by atoms with Gasteiger partial charge in [-0.1, -0.05) is 19.9 Å². The topological polar surface area (TPSA) is 131 Å². The third-order valence-corrected chi connectivity index (χ3v) is 7.82. The van der Waals surface area contributed by atoms with Gasteiger partial charge in [-0.15, -0.1) is 0 Å². The second-order valence-electron chi connectivity index (χ2n) is 11.8. The van der Waals surface area contributed by atoms with Crippen LogP contribution in [0.3, 0.4) is 0 Å². The molecule has 0 saturated heterocycles. The van der Waals surface area contributed by atoms with E-state index < -0.39 is 36.0 Å². The fraction of sp³-hybridized carbons (Fsp3) is 0.343. The largest absolute Gasteiger partial charge is 0.504 e. The van der Waals surface area contributed by atoms with Crippen molar-refractivity contribution in [3.8, 4) is 34.1 Å². The number of ether oxygens (including phenoxy) is 3. The van der Waals surface area contributed by atoms with E-state index in [-0.39, 0.29) is 60.3 Å². The molecule has 0 atom stereocenters. The van der Waals surface area contributed by atoms with Crippen LogP contribution in [0.1, 0.15) is 60.4 Å². The maximum absolute atomic E-state index is 13.8. The Kier molecular flexibility index (Phi) is 12.2. The lowest BCUT2D eigenvalue weighted by Crippen LogP contribution is -2.51. The predicted molar refractivity (Wildman–Crippen MR) is 173 cm³/mol. The van der Waals surface area contributed by atoms with Crippen LogP contribution in [-0.4, -0.2) is 41.9 Å². The first-order valence-corrected chi connectivity index (χ1v) is 15.5. The molecule has 1 heterocycles. The van der Waals surface area contributed by atoms with Gasteiger partial charge in [-0.25, -0.2) is 14.8 Å². The number of hydrogen-bond donors (Lipinski definition) is 2. The molecule has 1 aromatic heterocycles. The molecule has 4 N–H and O–H groups in total. The second kappa shape index (κ2) is 16.2. The molecule has 0 unspecified atom stereocenters. The van der Waals surface area contributed by atoms with Gasteiger partial charge in [0.05, 0.1) is 50.8 Å². The molecule has 0 saturated carbocycles. The number of phenolic OH excluding ortho intramolecular Hbond substituents is 1. The number of rotatable bonds is 14. The van der Waals surface area contributed by atoms with Crippen LogP contribution in [0, 0.1) is 0 Å². The maximum atomic E-state index is 13.8. The van der Waals surface area contributed by atoms with Crippen molar-refractivity contribution in [2.24, 2.45) is 0 Å². The van der Waals surface area contributed by atoms with Gasteiger partial charge in [-0.05, 0) is 77.1 Å². The van der Waals surface area contributed by atoms with E-state index in [2.05, 4.69) is 20.7 Å². The summed E-state index contributed by atoms with van der Waals surface area (Å²) in [7, 11) is 2.81. The van der Waals surface area contributed by atoms with E-state index in [0.717, 1.165) is 5.56 Å². The highest BCUT2D eigenvalue weighted by molar-refractivity contribution is 5.77. The fourth-order valence-electron chi connectivity index (χ4n) is 5.21. The lowest BCUT2D eigenvalue weighted by atomic mass is 9.93. The number of aromatic hydroxyl groups is 1. The summed E-state index contributed by atoms with van der Waals surface area (Å²) in [6.45, 7) is 3.41. The van der Waals surface area contributed by atoms with Crippen LogP contribution in [0.2, 0.25) is 0 Å². The van der Waals surface area contributed by atoms with Crippen LogP contribution >= 0.6 is 0 Å². The summed E-state index contributed by atoms with van der Waals surface area (Å²) in [5.74, 6) is 3.07. The minimum atomic E-state index is -5.06. The maximum Gasteiger partial charge on any atom is 0.416 e. The summed E-state index contributed by atoms with van der Waals surface area (Å²) >= 11 is 0. The van der Waals surface area contributed by atoms with Gasteiger partial charge < -0.3 is 24.2 Å². The Hall–Kier alpha value is -5.25. The predicted octanol–water partition coefficient (Wildman–Crippen LogP) is 7.09.